The van der Waals surface area contributed by atoms with Gasteiger partial charge in [-0.2, -0.15) is 0 Å². The number of hydrogen-bond acceptors (Lipinski definition) is 2. The summed E-state index contributed by atoms with van der Waals surface area (Å²) < 4.78 is 0. The van der Waals surface area contributed by atoms with Gasteiger partial charge >= 0.3 is 17.1 Å². The summed E-state index contributed by atoms with van der Waals surface area (Å²) in [4.78, 5) is 23.0. The molecule has 0 spiro atoms. The number of ketones is 1. The van der Waals surface area contributed by atoms with Gasteiger partial charge in [0.15, 0.2) is 5.78 Å². The van der Waals surface area contributed by atoms with Crippen molar-refractivity contribution in [2.24, 2.45) is 0 Å². The van der Waals surface area contributed by atoms with E-state index in [0.29, 0.717) is 11.1 Å². The minimum atomic E-state index is -0.0283. The maximum Gasteiger partial charge on any atom is 2.00 e. The van der Waals surface area contributed by atoms with Crippen LogP contribution in [0.2, 0.25) is 0 Å². The molecular weight excluding hydrogens is 400 g/mol. The standard InChI is InChI=1S/C21H15O2.C5H5.Fe/c22-15-17-6-3-7-20(14-17)18-9-11-19(12-10-18)21(23)13-8-16-4-1-2-5-16;1-2-4-5-3-1;/h1-15H;1-5H;/q;;+2/b13-8+;;. The Morgan fingerprint density at radius 1 is 0.724 bits per heavy atom. The molecule has 2 fully saturated rings. The third kappa shape index (κ3) is 7.42. The summed E-state index contributed by atoms with van der Waals surface area (Å²) in [6.45, 7) is 0. The summed E-state index contributed by atoms with van der Waals surface area (Å²) in [6, 6.07) is 14.8. The first-order valence-corrected chi connectivity index (χ1v) is 9.03. The average molecular weight is 420 g/mol. The Labute approximate surface area is 185 Å². The van der Waals surface area contributed by atoms with Gasteiger partial charge < -0.3 is 0 Å². The summed E-state index contributed by atoms with van der Waals surface area (Å²) in [5.74, 6) is 0.986. The Hall–Kier alpha value is -1.96. The smallest absolute Gasteiger partial charge is 0.298 e. The second-order valence-corrected chi connectivity index (χ2v) is 6.20. The van der Waals surface area contributed by atoms with E-state index in [9.17, 15) is 9.59 Å². The fraction of sp³-hybridized carbons (Fsp3) is 0. The summed E-state index contributed by atoms with van der Waals surface area (Å²) in [5.41, 5.74) is 3.22. The van der Waals surface area contributed by atoms with Crippen molar-refractivity contribution in [3.63, 3.8) is 0 Å². The Kier molecular flexibility index (Phi) is 10.1. The minimum Gasteiger partial charge on any atom is -0.298 e. The van der Waals surface area contributed by atoms with Crippen LogP contribution in [0.3, 0.4) is 0 Å². The van der Waals surface area contributed by atoms with Crippen molar-refractivity contribution in [3.05, 3.63) is 136 Å². The zero-order valence-corrected chi connectivity index (χ0v) is 16.8. The van der Waals surface area contributed by atoms with Crippen LogP contribution >= 0.6 is 0 Å². The third-order valence-corrected chi connectivity index (χ3v) is 4.20. The SMILES string of the molecule is O=Cc1cccc(-c2ccc(C(=O)/C=C/[C]3[CH][CH][CH][CH]3)cc2)c1.[CH]1[CH][CH][CH][CH]1.[Fe+2]. The van der Waals surface area contributed by atoms with E-state index < -0.39 is 0 Å². The van der Waals surface area contributed by atoms with Crippen LogP contribution < -0.4 is 0 Å². The van der Waals surface area contributed by atoms with Gasteiger partial charge in [0.05, 0.1) is 0 Å². The van der Waals surface area contributed by atoms with Gasteiger partial charge in [-0.25, -0.2) is 0 Å². The molecule has 4 rings (SSSR count). The van der Waals surface area contributed by atoms with Crippen LogP contribution in [0.5, 0.6) is 0 Å². The zero-order valence-electron chi connectivity index (χ0n) is 15.7. The van der Waals surface area contributed by atoms with Gasteiger partial charge in [0.25, 0.3) is 0 Å². The molecule has 29 heavy (non-hydrogen) atoms. The monoisotopic (exact) mass is 420 g/mol. The molecule has 0 N–H and O–H groups in total. The van der Waals surface area contributed by atoms with Crippen LogP contribution in [0.4, 0.5) is 0 Å². The maximum atomic E-state index is 12.2. The molecule has 0 heterocycles. The van der Waals surface area contributed by atoms with E-state index >= 15 is 0 Å². The molecule has 2 nitrogen and oxygen atoms in total. The Balaban J connectivity index is 0.000000437. The second-order valence-electron chi connectivity index (χ2n) is 6.20. The van der Waals surface area contributed by atoms with E-state index in [-0.39, 0.29) is 22.9 Å². The van der Waals surface area contributed by atoms with E-state index in [1.807, 2.05) is 94.2 Å². The molecule has 2 saturated carbocycles. The molecule has 0 atom stereocenters. The van der Waals surface area contributed by atoms with E-state index in [4.69, 9.17) is 0 Å². The van der Waals surface area contributed by atoms with E-state index in [0.717, 1.165) is 23.3 Å². The maximum absolute atomic E-state index is 12.2. The van der Waals surface area contributed by atoms with Crippen molar-refractivity contribution in [2.75, 3.05) is 0 Å². The van der Waals surface area contributed by atoms with Crippen LogP contribution in [0.1, 0.15) is 20.7 Å². The molecule has 2 aliphatic carbocycles. The van der Waals surface area contributed by atoms with Crippen LogP contribution in [0.25, 0.3) is 11.1 Å². The third-order valence-electron chi connectivity index (χ3n) is 4.20. The summed E-state index contributed by atoms with van der Waals surface area (Å²) in [5, 5.41) is 0. The van der Waals surface area contributed by atoms with Gasteiger partial charge in [-0.15, -0.1) is 0 Å². The number of aldehydes is 1. The largest absolute Gasteiger partial charge is 2.00 e. The fourth-order valence-corrected chi connectivity index (χ4v) is 2.71. The van der Waals surface area contributed by atoms with Gasteiger partial charge in [-0.1, -0.05) is 48.5 Å². The molecule has 0 amide bonds. The minimum absolute atomic E-state index is 0. The molecule has 3 heteroatoms. The fourth-order valence-electron chi connectivity index (χ4n) is 2.71. The molecule has 0 bridgehead atoms. The predicted octanol–water partition coefficient (Wildman–Crippen LogP) is 5.33. The van der Waals surface area contributed by atoms with Gasteiger partial charge in [0, 0.05) is 17.0 Å². The number of benzene rings is 2. The molecule has 2 aromatic rings. The summed E-state index contributed by atoms with van der Waals surface area (Å²) >= 11 is 0. The molecule has 0 aromatic heterocycles. The molecule has 2 aliphatic rings. The Morgan fingerprint density at radius 2 is 1.34 bits per heavy atom. The van der Waals surface area contributed by atoms with Gasteiger partial charge in [0.1, 0.15) is 6.29 Å². The quantitative estimate of drug-likeness (QED) is 0.284. The molecule has 142 valence electrons. The predicted molar refractivity (Wildman–Crippen MR) is 113 cm³/mol. The average Bonchev–Trinajstić information content (AvgIpc) is 3.49. The zero-order chi connectivity index (χ0) is 19.6. The number of hydrogen-bond donors (Lipinski definition) is 0. The molecule has 0 unspecified atom stereocenters. The topological polar surface area (TPSA) is 34.1 Å². The molecule has 0 aliphatic heterocycles. The molecule has 2 aromatic carbocycles. The normalized spacial score (nSPS) is 16.1. The van der Waals surface area contributed by atoms with Crippen LogP contribution in [0.15, 0.2) is 60.7 Å². The van der Waals surface area contributed by atoms with Gasteiger partial charge in [-0.05, 0) is 81.1 Å². The van der Waals surface area contributed by atoms with Crippen LogP contribution in [0, 0.1) is 63.7 Å². The Morgan fingerprint density at radius 3 is 1.93 bits per heavy atom. The van der Waals surface area contributed by atoms with Crippen molar-refractivity contribution >= 4 is 12.1 Å². The van der Waals surface area contributed by atoms with Crippen molar-refractivity contribution < 1.29 is 26.7 Å². The van der Waals surface area contributed by atoms with Crippen molar-refractivity contribution in [1.82, 2.24) is 0 Å². The summed E-state index contributed by atoms with van der Waals surface area (Å²) in [7, 11) is 0. The number of carbonyl (C=O) groups excluding carboxylic acids is 2. The molecular formula is C26H20FeO2+2. The van der Waals surface area contributed by atoms with E-state index in [1.54, 1.807) is 24.3 Å². The number of rotatable bonds is 5. The summed E-state index contributed by atoms with van der Waals surface area (Å²) in [6.07, 6.45) is 22.0. The second kappa shape index (κ2) is 12.6. The van der Waals surface area contributed by atoms with E-state index in [1.165, 1.54) is 0 Å². The van der Waals surface area contributed by atoms with Gasteiger partial charge in [-0.3, -0.25) is 9.59 Å². The van der Waals surface area contributed by atoms with Crippen LogP contribution in [-0.2, 0) is 17.1 Å². The molecule has 0 saturated heterocycles. The number of allylic oxidation sites excluding steroid dienone is 2. The number of carbonyl (C=O) groups is 2. The van der Waals surface area contributed by atoms with Crippen molar-refractivity contribution in [2.45, 2.75) is 0 Å². The first-order valence-electron chi connectivity index (χ1n) is 9.03. The first-order chi connectivity index (χ1) is 13.8. The Bertz CT molecular complexity index is 790. The molecule has 10 radical (unpaired) electrons. The van der Waals surface area contributed by atoms with Crippen molar-refractivity contribution in [3.8, 4) is 11.1 Å². The van der Waals surface area contributed by atoms with Crippen molar-refractivity contribution in [1.29, 1.82) is 0 Å². The van der Waals surface area contributed by atoms with E-state index in [2.05, 4.69) is 0 Å². The van der Waals surface area contributed by atoms with Gasteiger partial charge in [0.2, 0.25) is 0 Å². The first kappa shape index (κ1) is 23.3. The van der Waals surface area contributed by atoms with Crippen LogP contribution in [-0.4, -0.2) is 12.1 Å².